The molecule has 1 fully saturated rings. The Kier molecular flexibility index (Phi) is 4.44. The summed E-state index contributed by atoms with van der Waals surface area (Å²) in [6, 6.07) is 6.59. The number of nitrogens with one attached hydrogen (secondary N) is 1. The summed E-state index contributed by atoms with van der Waals surface area (Å²) in [6.07, 6.45) is 0. The van der Waals surface area contributed by atoms with E-state index in [1.54, 1.807) is 36.1 Å². The highest BCUT2D eigenvalue weighted by Crippen LogP contribution is 2.28. The molecule has 2 amide bonds. The van der Waals surface area contributed by atoms with Crippen LogP contribution in [0.4, 0.5) is 5.69 Å². The number of aromatic nitrogens is 1. The zero-order valence-corrected chi connectivity index (χ0v) is 14.0. The number of methoxy groups -OCH3 is 1. The predicted molar refractivity (Wildman–Crippen MR) is 87.3 cm³/mol. The third-order valence-corrected chi connectivity index (χ3v) is 4.10. The van der Waals surface area contributed by atoms with Crippen molar-refractivity contribution in [2.45, 2.75) is 6.92 Å². The largest absolute Gasteiger partial charge is 0.495 e. The van der Waals surface area contributed by atoms with Crippen molar-refractivity contribution in [2.75, 3.05) is 25.5 Å². The number of aryl methyl sites for hydroxylation is 1. The number of amides is 2. The molecule has 2 heterocycles. The van der Waals surface area contributed by atoms with Crippen LogP contribution in [0.25, 0.3) is 0 Å². The average molecular weight is 350 g/mol. The first-order valence-electron chi connectivity index (χ1n) is 7.35. The molecule has 1 aliphatic rings. The van der Waals surface area contributed by atoms with Gasteiger partial charge in [-0.15, -0.1) is 0 Å². The third-order valence-electron chi connectivity index (χ3n) is 3.81. The smallest absolute Gasteiger partial charge is 0.276 e. The zero-order chi connectivity index (χ0) is 17.3. The van der Waals surface area contributed by atoms with Crippen LogP contribution in [0.2, 0.25) is 5.02 Å². The van der Waals surface area contributed by atoms with E-state index in [1.165, 1.54) is 7.11 Å². The van der Waals surface area contributed by atoms with Crippen molar-refractivity contribution in [2.24, 2.45) is 5.92 Å². The van der Waals surface area contributed by atoms with Gasteiger partial charge in [0.05, 0.1) is 18.1 Å². The van der Waals surface area contributed by atoms with E-state index < -0.39 is 0 Å². The summed E-state index contributed by atoms with van der Waals surface area (Å²) in [6.45, 7) is 2.41. The standard InChI is InChI=1S/C16H16ClN3O4/c1-9-5-13(19-24-9)16(22)20-7-10(8-20)15(21)18-11-3-4-14(23-2)12(17)6-11/h3-6,10H,7-8H2,1-2H3,(H,18,21). The van der Waals surface area contributed by atoms with E-state index in [2.05, 4.69) is 10.5 Å². The lowest BCUT2D eigenvalue weighted by Gasteiger charge is -2.37. The van der Waals surface area contributed by atoms with Crippen molar-refractivity contribution in [3.8, 4) is 5.75 Å². The minimum Gasteiger partial charge on any atom is -0.495 e. The summed E-state index contributed by atoms with van der Waals surface area (Å²) in [5.74, 6) is 0.463. The number of benzene rings is 1. The number of likely N-dealkylation sites (tertiary alicyclic amines) is 1. The Morgan fingerprint density at radius 2 is 2.12 bits per heavy atom. The topological polar surface area (TPSA) is 84.7 Å². The Hall–Kier alpha value is -2.54. The Balaban J connectivity index is 1.55. The summed E-state index contributed by atoms with van der Waals surface area (Å²) in [7, 11) is 1.52. The van der Waals surface area contributed by atoms with Crippen LogP contribution < -0.4 is 10.1 Å². The van der Waals surface area contributed by atoms with E-state index in [9.17, 15) is 9.59 Å². The van der Waals surface area contributed by atoms with Gasteiger partial charge < -0.3 is 19.5 Å². The molecule has 0 aliphatic carbocycles. The van der Waals surface area contributed by atoms with E-state index in [4.69, 9.17) is 20.9 Å². The van der Waals surface area contributed by atoms with E-state index in [1.807, 2.05) is 0 Å². The fourth-order valence-electron chi connectivity index (χ4n) is 2.43. The molecule has 7 nitrogen and oxygen atoms in total. The molecular weight excluding hydrogens is 334 g/mol. The first-order valence-corrected chi connectivity index (χ1v) is 7.72. The van der Waals surface area contributed by atoms with Crippen LogP contribution in [0.5, 0.6) is 5.75 Å². The van der Waals surface area contributed by atoms with Gasteiger partial charge in [0.2, 0.25) is 5.91 Å². The number of hydrogen-bond acceptors (Lipinski definition) is 5. The van der Waals surface area contributed by atoms with E-state index >= 15 is 0 Å². The van der Waals surface area contributed by atoms with Crippen molar-refractivity contribution < 1.29 is 18.8 Å². The van der Waals surface area contributed by atoms with Crippen LogP contribution in [0, 0.1) is 12.8 Å². The Morgan fingerprint density at radius 1 is 1.38 bits per heavy atom. The molecule has 0 bridgehead atoms. The molecule has 3 rings (SSSR count). The molecule has 1 N–H and O–H groups in total. The lowest BCUT2D eigenvalue weighted by atomic mass is 9.98. The second-order valence-corrected chi connectivity index (χ2v) is 5.98. The first kappa shape index (κ1) is 16.3. The van der Waals surface area contributed by atoms with Gasteiger partial charge in [0.1, 0.15) is 11.5 Å². The van der Waals surface area contributed by atoms with Gasteiger partial charge in [0, 0.05) is 24.8 Å². The van der Waals surface area contributed by atoms with E-state index in [-0.39, 0.29) is 23.4 Å². The van der Waals surface area contributed by atoms with Crippen LogP contribution in [0.15, 0.2) is 28.8 Å². The Labute approximate surface area is 143 Å². The monoisotopic (exact) mass is 349 g/mol. The fourth-order valence-corrected chi connectivity index (χ4v) is 2.69. The minimum atomic E-state index is -0.261. The molecule has 1 aromatic carbocycles. The van der Waals surface area contributed by atoms with Gasteiger partial charge in [0.15, 0.2) is 5.69 Å². The second kappa shape index (κ2) is 6.52. The summed E-state index contributed by atoms with van der Waals surface area (Å²) in [4.78, 5) is 25.9. The maximum absolute atomic E-state index is 12.2. The summed E-state index contributed by atoms with van der Waals surface area (Å²) < 4.78 is 9.95. The molecule has 2 aromatic rings. The van der Waals surface area contributed by atoms with Gasteiger partial charge in [-0.1, -0.05) is 16.8 Å². The van der Waals surface area contributed by atoms with Crippen LogP contribution in [-0.4, -0.2) is 42.1 Å². The van der Waals surface area contributed by atoms with Gasteiger partial charge in [-0.2, -0.15) is 0 Å². The minimum absolute atomic E-state index is 0.156. The summed E-state index contributed by atoms with van der Waals surface area (Å²) >= 11 is 6.03. The molecule has 1 aliphatic heterocycles. The predicted octanol–water partition coefficient (Wildman–Crippen LogP) is 2.36. The van der Waals surface area contributed by atoms with Crippen LogP contribution >= 0.6 is 11.6 Å². The van der Waals surface area contributed by atoms with Gasteiger partial charge in [-0.3, -0.25) is 9.59 Å². The van der Waals surface area contributed by atoms with E-state index in [0.717, 1.165) is 0 Å². The maximum atomic E-state index is 12.2. The summed E-state index contributed by atoms with van der Waals surface area (Å²) in [5, 5.41) is 6.90. The number of rotatable bonds is 4. The quantitative estimate of drug-likeness (QED) is 0.915. The number of carbonyl (C=O) groups excluding carboxylic acids is 2. The molecular formula is C16H16ClN3O4. The number of anilines is 1. The first-order chi connectivity index (χ1) is 11.5. The molecule has 0 saturated carbocycles. The number of halogens is 1. The van der Waals surface area contributed by atoms with Crippen LogP contribution in [0.3, 0.4) is 0 Å². The number of carbonyl (C=O) groups is 2. The molecule has 24 heavy (non-hydrogen) atoms. The average Bonchev–Trinajstić information content (AvgIpc) is 2.92. The SMILES string of the molecule is COc1ccc(NC(=O)C2CN(C(=O)c3cc(C)on3)C2)cc1Cl. The number of nitrogens with zero attached hydrogens (tertiary/aromatic N) is 2. The lowest BCUT2D eigenvalue weighted by Crippen LogP contribution is -2.54. The van der Waals surface area contributed by atoms with Gasteiger partial charge in [0.25, 0.3) is 5.91 Å². The van der Waals surface area contributed by atoms with Gasteiger partial charge in [-0.05, 0) is 25.1 Å². The fraction of sp³-hybridized carbons (Fsp3) is 0.312. The van der Waals surface area contributed by atoms with Crippen molar-refractivity contribution >= 4 is 29.1 Å². The molecule has 0 atom stereocenters. The Bertz CT molecular complexity index is 783. The van der Waals surface area contributed by atoms with Crippen molar-refractivity contribution in [3.05, 3.63) is 40.7 Å². The van der Waals surface area contributed by atoms with Crippen molar-refractivity contribution in [1.29, 1.82) is 0 Å². The van der Waals surface area contributed by atoms with Gasteiger partial charge in [-0.25, -0.2) is 0 Å². The second-order valence-electron chi connectivity index (χ2n) is 5.57. The normalized spacial score (nSPS) is 14.2. The lowest BCUT2D eigenvalue weighted by molar-refractivity contribution is -0.123. The van der Waals surface area contributed by atoms with Crippen LogP contribution in [0.1, 0.15) is 16.2 Å². The highest BCUT2D eigenvalue weighted by Gasteiger charge is 2.37. The maximum Gasteiger partial charge on any atom is 0.276 e. The highest BCUT2D eigenvalue weighted by atomic mass is 35.5. The van der Waals surface area contributed by atoms with Crippen molar-refractivity contribution in [3.63, 3.8) is 0 Å². The zero-order valence-electron chi connectivity index (χ0n) is 13.2. The number of hydrogen-bond donors (Lipinski definition) is 1. The molecule has 0 radical (unpaired) electrons. The van der Waals surface area contributed by atoms with Gasteiger partial charge >= 0.3 is 0 Å². The Morgan fingerprint density at radius 3 is 2.71 bits per heavy atom. The highest BCUT2D eigenvalue weighted by molar-refractivity contribution is 6.32. The molecule has 8 heteroatoms. The van der Waals surface area contributed by atoms with Crippen LogP contribution in [-0.2, 0) is 4.79 Å². The molecule has 0 spiro atoms. The molecule has 0 unspecified atom stereocenters. The van der Waals surface area contributed by atoms with Crippen molar-refractivity contribution in [1.82, 2.24) is 10.1 Å². The molecule has 1 saturated heterocycles. The summed E-state index contributed by atoms with van der Waals surface area (Å²) in [5.41, 5.74) is 0.844. The molecule has 126 valence electrons. The third kappa shape index (κ3) is 3.21. The van der Waals surface area contributed by atoms with E-state index in [0.29, 0.717) is 35.3 Å². The molecule has 1 aromatic heterocycles. The number of ether oxygens (including phenoxy) is 1.